The molecule has 0 saturated carbocycles. The largest absolute Gasteiger partial charge is 0.497 e. The van der Waals surface area contributed by atoms with Gasteiger partial charge in [-0.15, -0.1) is 11.3 Å². The molecule has 3 aromatic carbocycles. The SMILES string of the molecule is COc1ccc2nc([C@H](Cc3cccc(C(=N)N)c3)NS(=O)(=O)c3cccc(NC(=O)CCCN)c3)sc2c1. The normalized spacial score (nSPS) is 12.3. The van der Waals surface area contributed by atoms with Crippen LogP contribution in [0.4, 0.5) is 5.69 Å². The summed E-state index contributed by atoms with van der Waals surface area (Å²) in [6.45, 7) is 0.390. The number of rotatable bonds is 12. The number of fused-ring (bicyclic) bond motifs is 1. The van der Waals surface area contributed by atoms with Crippen molar-refractivity contribution in [3.8, 4) is 5.75 Å². The van der Waals surface area contributed by atoms with Gasteiger partial charge in [0, 0.05) is 17.7 Å². The van der Waals surface area contributed by atoms with E-state index in [1.54, 1.807) is 43.5 Å². The van der Waals surface area contributed by atoms with Crippen LogP contribution in [-0.2, 0) is 21.2 Å². The van der Waals surface area contributed by atoms with Crippen molar-refractivity contribution in [2.75, 3.05) is 19.0 Å². The minimum atomic E-state index is -4.03. The zero-order chi connectivity index (χ0) is 28.0. The zero-order valence-corrected chi connectivity index (χ0v) is 22.9. The number of amidine groups is 1. The van der Waals surface area contributed by atoms with E-state index in [-0.39, 0.29) is 29.5 Å². The molecule has 0 radical (unpaired) electrons. The Labute approximate surface area is 231 Å². The number of anilines is 1. The van der Waals surface area contributed by atoms with Gasteiger partial charge in [0.25, 0.3) is 0 Å². The number of amides is 1. The number of nitrogens with zero attached hydrogens (tertiary/aromatic N) is 1. The molecule has 0 unspecified atom stereocenters. The lowest BCUT2D eigenvalue weighted by molar-refractivity contribution is -0.116. The van der Waals surface area contributed by atoms with Crippen LogP contribution >= 0.6 is 11.3 Å². The Bertz CT molecular complexity index is 1600. The highest BCUT2D eigenvalue weighted by Gasteiger charge is 2.25. The number of carbonyl (C=O) groups is 1. The van der Waals surface area contributed by atoms with Crippen LogP contribution in [0.25, 0.3) is 10.2 Å². The van der Waals surface area contributed by atoms with Crippen LogP contribution in [0.1, 0.15) is 35.0 Å². The molecule has 7 N–H and O–H groups in total. The number of hydrogen-bond acceptors (Lipinski definition) is 8. The topological polar surface area (TPSA) is 173 Å². The number of carbonyl (C=O) groups excluding carboxylic acids is 1. The standard InChI is InChI=1S/C27H30N6O4S2/c1-37-20-10-11-22-24(16-20)38-27(32-22)23(14-17-5-2-6-18(13-17)26(29)30)33-39(35,36)21-8-3-7-19(15-21)31-25(34)9-4-12-28/h2-3,5-8,10-11,13,15-16,23,33H,4,9,12,14,28H2,1H3,(H3,29,30)(H,31,34)/t23-/m0/s1. The van der Waals surface area contributed by atoms with Gasteiger partial charge >= 0.3 is 0 Å². The first-order valence-corrected chi connectivity index (χ1v) is 14.5. The van der Waals surface area contributed by atoms with Crippen molar-refractivity contribution in [3.05, 3.63) is 82.9 Å². The van der Waals surface area contributed by atoms with Crippen molar-refractivity contribution >= 4 is 49.0 Å². The van der Waals surface area contributed by atoms with E-state index in [1.165, 1.54) is 23.5 Å². The van der Waals surface area contributed by atoms with Crippen LogP contribution in [0.15, 0.2) is 71.6 Å². The van der Waals surface area contributed by atoms with Gasteiger partial charge in [-0.2, -0.15) is 0 Å². The number of aromatic nitrogens is 1. The summed E-state index contributed by atoms with van der Waals surface area (Å²) >= 11 is 1.37. The fraction of sp³-hybridized carbons (Fsp3) is 0.222. The minimum Gasteiger partial charge on any atom is -0.497 e. The fourth-order valence-corrected chi connectivity index (χ4v) is 6.33. The maximum absolute atomic E-state index is 13.6. The van der Waals surface area contributed by atoms with E-state index < -0.39 is 16.1 Å². The van der Waals surface area contributed by atoms with Gasteiger partial charge in [-0.25, -0.2) is 18.1 Å². The van der Waals surface area contributed by atoms with Gasteiger partial charge in [0.15, 0.2) is 0 Å². The van der Waals surface area contributed by atoms with Crippen LogP contribution in [-0.4, -0.2) is 38.8 Å². The first-order valence-electron chi connectivity index (χ1n) is 12.2. The first kappa shape index (κ1) is 28.2. The average Bonchev–Trinajstić information content (AvgIpc) is 3.35. The maximum atomic E-state index is 13.6. The zero-order valence-electron chi connectivity index (χ0n) is 21.3. The summed E-state index contributed by atoms with van der Waals surface area (Å²) in [6.07, 6.45) is 1.05. The Kier molecular flexibility index (Phi) is 8.92. The lowest BCUT2D eigenvalue weighted by Crippen LogP contribution is -2.30. The molecule has 0 fully saturated rings. The molecule has 4 aromatic rings. The highest BCUT2D eigenvalue weighted by atomic mass is 32.2. The number of nitrogen functional groups attached to an aromatic ring is 1. The average molecular weight is 567 g/mol. The van der Waals surface area contributed by atoms with Gasteiger partial charge in [0.1, 0.15) is 16.6 Å². The van der Waals surface area contributed by atoms with Crippen LogP contribution in [0.3, 0.4) is 0 Å². The van der Waals surface area contributed by atoms with Crippen LogP contribution in [0.2, 0.25) is 0 Å². The summed E-state index contributed by atoms with van der Waals surface area (Å²) in [5, 5.41) is 11.0. The molecule has 10 nitrogen and oxygen atoms in total. The molecule has 0 bridgehead atoms. The lowest BCUT2D eigenvalue weighted by atomic mass is 10.0. The predicted molar refractivity (Wildman–Crippen MR) is 154 cm³/mol. The monoisotopic (exact) mass is 566 g/mol. The van der Waals surface area contributed by atoms with Gasteiger partial charge in [0.2, 0.25) is 15.9 Å². The molecule has 39 heavy (non-hydrogen) atoms. The second-order valence-electron chi connectivity index (χ2n) is 8.85. The summed E-state index contributed by atoms with van der Waals surface area (Å²) in [5.41, 5.74) is 13.6. The predicted octanol–water partition coefficient (Wildman–Crippen LogP) is 3.53. The molecule has 0 aliphatic rings. The van der Waals surface area contributed by atoms with Gasteiger partial charge in [-0.05, 0) is 67.4 Å². The molecule has 1 amide bonds. The lowest BCUT2D eigenvalue weighted by Gasteiger charge is -2.18. The van der Waals surface area contributed by atoms with Gasteiger partial charge in [0.05, 0.1) is 28.3 Å². The summed E-state index contributed by atoms with van der Waals surface area (Å²) in [5.74, 6) is 0.358. The first-order chi connectivity index (χ1) is 18.7. The second-order valence-corrected chi connectivity index (χ2v) is 11.6. The fourth-order valence-electron chi connectivity index (χ4n) is 3.96. The van der Waals surface area contributed by atoms with E-state index in [0.717, 1.165) is 15.8 Å². The van der Waals surface area contributed by atoms with Crippen molar-refractivity contribution in [1.29, 1.82) is 5.41 Å². The molecule has 12 heteroatoms. The number of methoxy groups -OCH3 is 1. The molecule has 4 rings (SSSR count). The van der Waals surface area contributed by atoms with E-state index in [2.05, 4.69) is 10.0 Å². The molecule has 1 aromatic heterocycles. The number of nitrogens with one attached hydrogen (secondary N) is 3. The van der Waals surface area contributed by atoms with Gasteiger partial charge in [-0.1, -0.05) is 24.3 Å². The number of benzene rings is 3. The van der Waals surface area contributed by atoms with E-state index in [9.17, 15) is 13.2 Å². The molecular weight excluding hydrogens is 536 g/mol. The van der Waals surface area contributed by atoms with Gasteiger partial charge < -0.3 is 21.5 Å². The maximum Gasteiger partial charge on any atom is 0.241 e. The summed E-state index contributed by atoms with van der Waals surface area (Å²) in [7, 11) is -2.45. The Morgan fingerprint density at radius 2 is 1.92 bits per heavy atom. The van der Waals surface area contributed by atoms with Crippen molar-refractivity contribution in [1.82, 2.24) is 9.71 Å². The number of ether oxygens (including phenoxy) is 1. The van der Waals surface area contributed by atoms with Crippen molar-refractivity contribution in [3.63, 3.8) is 0 Å². The van der Waals surface area contributed by atoms with Crippen molar-refractivity contribution < 1.29 is 17.9 Å². The molecule has 0 aliphatic carbocycles. The Morgan fingerprint density at radius 1 is 1.13 bits per heavy atom. The quantitative estimate of drug-likeness (QED) is 0.129. The summed E-state index contributed by atoms with van der Waals surface area (Å²) < 4.78 is 36.1. The van der Waals surface area contributed by atoms with E-state index in [4.69, 9.17) is 26.6 Å². The van der Waals surface area contributed by atoms with E-state index in [0.29, 0.717) is 35.0 Å². The number of nitrogens with two attached hydrogens (primary N) is 2. The molecule has 204 valence electrons. The van der Waals surface area contributed by atoms with Gasteiger partial charge in [-0.3, -0.25) is 10.2 Å². The molecule has 0 aliphatic heterocycles. The smallest absolute Gasteiger partial charge is 0.241 e. The third-order valence-electron chi connectivity index (χ3n) is 5.92. The van der Waals surface area contributed by atoms with Crippen LogP contribution < -0.4 is 26.2 Å². The second kappa shape index (κ2) is 12.3. The number of thiazole rings is 1. The summed E-state index contributed by atoms with van der Waals surface area (Å²) in [4.78, 5) is 16.8. The number of sulfonamides is 1. The number of hydrogen-bond donors (Lipinski definition) is 5. The third-order valence-corrected chi connectivity index (χ3v) is 8.52. The highest BCUT2D eigenvalue weighted by molar-refractivity contribution is 7.89. The van der Waals surface area contributed by atoms with E-state index >= 15 is 0 Å². The van der Waals surface area contributed by atoms with Crippen molar-refractivity contribution in [2.24, 2.45) is 11.5 Å². The Morgan fingerprint density at radius 3 is 2.67 bits per heavy atom. The summed E-state index contributed by atoms with van der Waals surface area (Å²) in [6, 6.07) is 18.0. The molecule has 0 saturated heterocycles. The van der Waals surface area contributed by atoms with Crippen molar-refractivity contribution in [2.45, 2.75) is 30.2 Å². The molecule has 1 atom stereocenters. The Balaban J connectivity index is 1.67. The third kappa shape index (κ3) is 7.18. The Hall–Kier alpha value is -3.84. The van der Waals surface area contributed by atoms with Crippen LogP contribution in [0.5, 0.6) is 5.75 Å². The highest BCUT2D eigenvalue weighted by Crippen LogP contribution is 2.32. The molecule has 0 spiro atoms. The molecular formula is C27H30N6O4S2. The van der Waals surface area contributed by atoms with E-state index in [1.807, 2.05) is 18.2 Å². The van der Waals surface area contributed by atoms with Crippen LogP contribution in [0, 0.1) is 5.41 Å². The minimum absolute atomic E-state index is 0.00407. The molecule has 1 heterocycles.